The van der Waals surface area contributed by atoms with Gasteiger partial charge in [-0.2, -0.15) is 0 Å². The number of anilines is 2. The predicted molar refractivity (Wildman–Crippen MR) is 124 cm³/mol. The number of benzene rings is 1. The molecule has 3 aromatic rings. The number of likely N-dealkylation sites (N-methyl/N-ethyl adjacent to an activating group) is 1. The van der Waals surface area contributed by atoms with Crippen LogP contribution in [0.25, 0.3) is 10.2 Å². The lowest BCUT2D eigenvalue weighted by molar-refractivity contribution is -0.126. The number of rotatable bonds is 5. The van der Waals surface area contributed by atoms with Crippen LogP contribution in [0.5, 0.6) is 0 Å². The quantitative estimate of drug-likeness (QED) is 0.555. The molecule has 30 heavy (non-hydrogen) atoms. The maximum Gasteiger partial charge on any atom is 0.246 e. The van der Waals surface area contributed by atoms with Gasteiger partial charge in [-0.3, -0.25) is 4.79 Å². The summed E-state index contributed by atoms with van der Waals surface area (Å²) in [5.41, 5.74) is 2.02. The highest BCUT2D eigenvalue weighted by molar-refractivity contribution is 7.19. The van der Waals surface area contributed by atoms with E-state index in [4.69, 9.17) is 23.2 Å². The third kappa shape index (κ3) is 4.44. The summed E-state index contributed by atoms with van der Waals surface area (Å²) >= 11 is 13.8. The zero-order valence-corrected chi connectivity index (χ0v) is 19.0. The number of amides is 1. The first-order valence-corrected chi connectivity index (χ1v) is 11.1. The fraction of sp³-hybridized carbons (Fsp3) is 0.286. The van der Waals surface area contributed by atoms with Crippen molar-refractivity contribution in [3.05, 3.63) is 57.2 Å². The Morgan fingerprint density at radius 2 is 2.13 bits per heavy atom. The van der Waals surface area contributed by atoms with E-state index in [0.29, 0.717) is 23.1 Å². The lowest BCUT2D eigenvalue weighted by atomic mass is 10.0. The second-order valence-corrected chi connectivity index (χ2v) is 9.23. The maximum atomic E-state index is 12.5. The van der Waals surface area contributed by atoms with Gasteiger partial charge in [-0.25, -0.2) is 9.97 Å². The molecule has 0 radical (unpaired) electrons. The molecule has 2 aromatic heterocycles. The van der Waals surface area contributed by atoms with Gasteiger partial charge in [0.05, 0.1) is 22.0 Å². The van der Waals surface area contributed by atoms with Crippen LogP contribution in [-0.2, 0) is 17.8 Å². The fourth-order valence-electron chi connectivity index (χ4n) is 3.39. The van der Waals surface area contributed by atoms with E-state index in [9.17, 15) is 4.79 Å². The first-order valence-electron chi connectivity index (χ1n) is 9.50. The molecular weight excluding hydrogens is 441 g/mol. The number of hydrogen-bond donors (Lipinski definition) is 1. The Hall–Kier alpha value is -2.19. The molecule has 1 aliphatic rings. The molecule has 0 aliphatic carbocycles. The molecule has 0 atom stereocenters. The molecule has 1 amide bonds. The van der Waals surface area contributed by atoms with Gasteiger partial charge >= 0.3 is 0 Å². The average molecular weight is 462 g/mol. The highest BCUT2D eigenvalue weighted by Crippen LogP contribution is 2.38. The van der Waals surface area contributed by atoms with Crippen molar-refractivity contribution >= 4 is 62.2 Å². The van der Waals surface area contributed by atoms with Crippen LogP contribution in [0.4, 0.5) is 11.5 Å². The Labute approximate surface area is 189 Å². The van der Waals surface area contributed by atoms with Crippen molar-refractivity contribution in [3.8, 4) is 0 Å². The zero-order chi connectivity index (χ0) is 21.3. The van der Waals surface area contributed by atoms with Crippen LogP contribution in [0.3, 0.4) is 0 Å². The summed E-state index contributed by atoms with van der Waals surface area (Å²) in [5, 5.41) is 5.34. The minimum atomic E-state index is 0.0418. The van der Waals surface area contributed by atoms with Crippen molar-refractivity contribution in [1.29, 1.82) is 0 Å². The van der Waals surface area contributed by atoms with Gasteiger partial charge in [0.25, 0.3) is 0 Å². The number of fused-ring (bicyclic) bond motifs is 3. The summed E-state index contributed by atoms with van der Waals surface area (Å²) in [7, 11) is 3.95. The van der Waals surface area contributed by atoms with E-state index in [1.165, 1.54) is 5.56 Å². The van der Waals surface area contributed by atoms with Crippen LogP contribution in [0.1, 0.15) is 10.4 Å². The van der Waals surface area contributed by atoms with E-state index < -0.39 is 0 Å². The summed E-state index contributed by atoms with van der Waals surface area (Å²) in [4.78, 5) is 27.4. The van der Waals surface area contributed by atoms with Gasteiger partial charge in [-0.15, -0.1) is 11.3 Å². The second kappa shape index (κ2) is 8.89. The van der Waals surface area contributed by atoms with E-state index in [-0.39, 0.29) is 5.91 Å². The molecule has 4 rings (SSSR count). The van der Waals surface area contributed by atoms with E-state index >= 15 is 0 Å². The topological polar surface area (TPSA) is 61.4 Å². The molecule has 9 heteroatoms. The number of carbonyl (C=O) groups is 1. The van der Waals surface area contributed by atoms with Crippen molar-refractivity contribution in [1.82, 2.24) is 19.8 Å². The zero-order valence-electron chi connectivity index (χ0n) is 16.7. The Bertz CT molecular complexity index is 1130. The van der Waals surface area contributed by atoms with Gasteiger partial charge in [-0.05, 0) is 44.3 Å². The smallest absolute Gasteiger partial charge is 0.246 e. The fourth-order valence-corrected chi connectivity index (χ4v) is 4.89. The Balaban J connectivity index is 1.59. The van der Waals surface area contributed by atoms with Crippen molar-refractivity contribution in [2.24, 2.45) is 0 Å². The van der Waals surface area contributed by atoms with Crippen LogP contribution in [-0.4, -0.2) is 52.9 Å². The third-order valence-electron chi connectivity index (χ3n) is 4.86. The molecular formula is C21H21Cl2N5OS. The van der Waals surface area contributed by atoms with Crippen LogP contribution in [0, 0.1) is 0 Å². The van der Waals surface area contributed by atoms with Crippen molar-refractivity contribution < 1.29 is 4.79 Å². The lowest BCUT2D eigenvalue weighted by Gasteiger charge is -2.26. The SMILES string of the molecule is CN(C)CC=CC(=O)N1CCc2c(sc3ncnc(Nc4ccc(Cl)c(Cl)c4)c23)C1. The molecule has 3 heterocycles. The molecule has 0 bridgehead atoms. The third-order valence-corrected chi connectivity index (χ3v) is 6.73. The van der Waals surface area contributed by atoms with Gasteiger partial charge in [-0.1, -0.05) is 29.3 Å². The standard InChI is InChI=1S/C21H21Cl2N5OS/c1-27(2)8-3-4-18(29)28-9-7-14-17(11-28)30-21-19(14)20(24-12-25-21)26-13-5-6-15(22)16(23)10-13/h3-6,10,12H,7-9,11H2,1-2H3,(H,24,25,26). The van der Waals surface area contributed by atoms with Gasteiger partial charge in [0.2, 0.25) is 5.91 Å². The summed E-state index contributed by atoms with van der Waals surface area (Å²) in [6.45, 7) is 2.01. The Morgan fingerprint density at radius 3 is 2.90 bits per heavy atom. The van der Waals surface area contributed by atoms with Crippen LogP contribution >= 0.6 is 34.5 Å². The molecule has 1 aliphatic heterocycles. The summed E-state index contributed by atoms with van der Waals surface area (Å²) < 4.78 is 0. The number of aromatic nitrogens is 2. The van der Waals surface area contributed by atoms with E-state index in [0.717, 1.165) is 39.6 Å². The van der Waals surface area contributed by atoms with E-state index in [2.05, 4.69) is 15.3 Å². The van der Waals surface area contributed by atoms with Crippen LogP contribution in [0.2, 0.25) is 10.0 Å². The van der Waals surface area contributed by atoms with Gasteiger partial charge < -0.3 is 15.1 Å². The molecule has 1 aromatic carbocycles. The maximum absolute atomic E-state index is 12.5. The molecule has 1 N–H and O–H groups in total. The molecule has 156 valence electrons. The summed E-state index contributed by atoms with van der Waals surface area (Å²) in [6.07, 6.45) is 5.88. The first-order chi connectivity index (χ1) is 14.4. The van der Waals surface area contributed by atoms with E-state index in [1.54, 1.807) is 35.9 Å². The molecule has 0 saturated carbocycles. The Kier molecular flexibility index (Phi) is 6.24. The van der Waals surface area contributed by atoms with Gasteiger partial charge in [0, 0.05) is 29.7 Å². The molecule has 0 saturated heterocycles. The van der Waals surface area contributed by atoms with Crippen LogP contribution < -0.4 is 5.32 Å². The minimum Gasteiger partial charge on any atom is -0.340 e. The lowest BCUT2D eigenvalue weighted by Crippen LogP contribution is -2.34. The molecule has 0 unspecified atom stereocenters. The largest absolute Gasteiger partial charge is 0.340 e. The first kappa shape index (κ1) is 21.1. The molecule has 6 nitrogen and oxygen atoms in total. The number of carbonyl (C=O) groups excluding carboxylic acids is 1. The number of hydrogen-bond acceptors (Lipinski definition) is 6. The minimum absolute atomic E-state index is 0.0418. The molecule has 0 fully saturated rings. The van der Waals surface area contributed by atoms with Crippen molar-refractivity contribution in [3.63, 3.8) is 0 Å². The number of nitrogens with one attached hydrogen (secondary N) is 1. The second-order valence-electron chi connectivity index (χ2n) is 7.33. The number of nitrogens with zero attached hydrogens (tertiary/aromatic N) is 4. The normalized spacial score (nSPS) is 14.0. The summed E-state index contributed by atoms with van der Waals surface area (Å²) in [6, 6.07) is 5.39. The number of thiophene rings is 1. The van der Waals surface area contributed by atoms with Gasteiger partial charge in [0.15, 0.2) is 0 Å². The molecule has 0 spiro atoms. The van der Waals surface area contributed by atoms with E-state index in [1.807, 2.05) is 36.0 Å². The highest BCUT2D eigenvalue weighted by atomic mass is 35.5. The highest BCUT2D eigenvalue weighted by Gasteiger charge is 2.25. The van der Waals surface area contributed by atoms with Crippen molar-refractivity contribution in [2.75, 3.05) is 32.5 Å². The monoisotopic (exact) mass is 461 g/mol. The van der Waals surface area contributed by atoms with Crippen molar-refractivity contribution in [2.45, 2.75) is 13.0 Å². The predicted octanol–water partition coefficient (Wildman–Crippen LogP) is 4.74. The Morgan fingerprint density at radius 1 is 1.30 bits per heavy atom. The van der Waals surface area contributed by atoms with Crippen LogP contribution in [0.15, 0.2) is 36.7 Å². The average Bonchev–Trinajstić information content (AvgIpc) is 3.09. The summed E-state index contributed by atoms with van der Waals surface area (Å²) in [5.74, 6) is 0.779. The van der Waals surface area contributed by atoms with Gasteiger partial charge in [0.1, 0.15) is 17.0 Å². The number of halogens is 2.